The number of anilines is 2. The molecule has 1 aromatic carbocycles. The second-order valence-corrected chi connectivity index (χ2v) is 10.9. The maximum absolute atomic E-state index is 8.90. The number of benzene rings is 1. The van der Waals surface area contributed by atoms with Gasteiger partial charge in [0.25, 0.3) is 0 Å². The first-order valence-corrected chi connectivity index (χ1v) is 12.1. The van der Waals surface area contributed by atoms with Gasteiger partial charge in [0.15, 0.2) is 0 Å². The van der Waals surface area contributed by atoms with E-state index in [1.165, 1.54) is 43.5 Å². The highest BCUT2D eigenvalue weighted by atomic mass is 15.3. The average Bonchev–Trinajstić information content (AvgIpc) is 3.34. The van der Waals surface area contributed by atoms with Gasteiger partial charge < -0.3 is 10.2 Å². The number of azide groups is 1. The van der Waals surface area contributed by atoms with Crippen LogP contribution in [0.5, 0.6) is 0 Å². The molecule has 3 unspecified atom stereocenters. The molecule has 4 aliphatic carbocycles. The van der Waals surface area contributed by atoms with Crippen molar-refractivity contribution >= 4 is 11.4 Å². The van der Waals surface area contributed by atoms with Crippen molar-refractivity contribution in [3.05, 3.63) is 58.1 Å². The zero-order valence-electron chi connectivity index (χ0n) is 18.7. The number of nitrogens with one attached hydrogen (secondary N) is 1. The van der Waals surface area contributed by atoms with Crippen LogP contribution in [0, 0.1) is 28.6 Å². The molecular weight excluding hydrogens is 382 g/mol. The molecule has 1 heterocycles. The molecule has 0 amide bonds. The van der Waals surface area contributed by atoms with Crippen molar-refractivity contribution < 1.29 is 0 Å². The third kappa shape index (κ3) is 2.65. The Morgan fingerprint density at radius 2 is 1.90 bits per heavy atom. The Kier molecular flexibility index (Phi) is 4.24. The Hall–Kier alpha value is -2.39. The molecule has 1 N–H and O–H groups in total. The molecule has 31 heavy (non-hydrogen) atoms. The summed E-state index contributed by atoms with van der Waals surface area (Å²) in [6.45, 7) is 5.96. The van der Waals surface area contributed by atoms with Crippen LogP contribution in [0.4, 0.5) is 11.4 Å². The molecule has 5 aliphatic rings. The molecule has 6 atom stereocenters. The van der Waals surface area contributed by atoms with Crippen LogP contribution >= 0.6 is 0 Å². The average molecular weight is 416 g/mol. The fourth-order valence-corrected chi connectivity index (χ4v) is 8.10. The molecule has 0 bridgehead atoms. The van der Waals surface area contributed by atoms with E-state index in [9.17, 15) is 0 Å². The molecule has 0 spiro atoms. The molecular formula is C26H33N5. The van der Waals surface area contributed by atoms with Gasteiger partial charge in [-0.15, -0.1) is 0 Å². The standard InChI is InChI=1S/C26H33N5/c1-25-13-11-18(29-30-27)15-17(25)7-8-19-20-9-10-24(26(20,2)14-12-21(19)25)31-16-28-22-5-3-4-6-23(22)31/h3-7,10,18-21,28H,8-9,11-16H2,1-2H3/t18-,19?,20?,21?,25-,26-/m0/s1. The van der Waals surface area contributed by atoms with Gasteiger partial charge in [0, 0.05) is 22.1 Å². The first kappa shape index (κ1) is 19.3. The van der Waals surface area contributed by atoms with E-state index in [0.717, 1.165) is 37.3 Å². The predicted octanol–water partition coefficient (Wildman–Crippen LogP) is 7.01. The first-order valence-electron chi connectivity index (χ1n) is 12.1. The lowest BCUT2D eigenvalue weighted by Crippen LogP contribution is -2.51. The van der Waals surface area contributed by atoms with E-state index >= 15 is 0 Å². The van der Waals surface area contributed by atoms with E-state index in [-0.39, 0.29) is 11.5 Å². The molecule has 0 radical (unpaired) electrons. The smallest absolute Gasteiger partial charge is 0.0923 e. The Morgan fingerprint density at radius 3 is 2.77 bits per heavy atom. The Labute approximate surface area is 185 Å². The van der Waals surface area contributed by atoms with Gasteiger partial charge in [0.2, 0.25) is 0 Å². The van der Waals surface area contributed by atoms with Crippen molar-refractivity contribution in [2.24, 2.45) is 33.7 Å². The number of fused-ring (bicyclic) bond motifs is 6. The number of allylic oxidation sites excluding steroid dienone is 3. The molecule has 6 rings (SSSR count). The number of hydrogen-bond donors (Lipinski definition) is 1. The molecule has 0 saturated heterocycles. The summed E-state index contributed by atoms with van der Waals surface area (Å²) in [5, 5.41) is 7.66. The van der Waals surface area contributed by atoms with Crippen LogP contribution in [0.2, 0.25) is 0 Å². The van der Waals surface area contributed by atoms with Gasteiger partial charge in [0.05, 0.1) is 18.0 Å². The molecule has 162 valence electrons. The Balaban J connectivity index is 1.29. The maximum atomic E-state index is 8.90. The zero-order chi connectivity index (χ0) is 21.2. The van der Waals surface area contributed by atoms with E-state index < -0.39 is 0 Å². The maximum Gasteiger partial charge on any atom is 0.0923 e. The molecule has 5 nitrogen and oxygen atoms in total. The molecule has 1 aromatic rings. The summed E-state index contributed by atoms with van der Waals surface area (Å²) < 4.78 is 0. The highest BCUT2D eigenvalue weighted by molar-refractivity contribution is 5.77. The fraction of sp³-hybridized carbons (Fsp3) is 0.615. The topological polar surface area (TPSA) is 64.0 Å². The summed E-state index contributed by atoms with van der Waals surface area (Å²) >= 11 is 0. The van der Waals surface area contributed by atoms with Crippen LogP contribution in [-0.4, -0.2) is 12.7 Å². The van der Waals surface area contributed by atoms with Crippen LogP contribution < -0.4 is 10.2 Å². The van der Waals surface area contributed by atoms with Gasteiger partial charge in [-0.05, 0) is 85.8 Å². The van der Waals surface area contributed by atoms with Crippen molar-refractivity contribution in [1.29, 1.82) is 0 Å². The van der Waals surface area contributed by atoms with E-state index in [2.05, 4.69) is 70.5 Å². The first-order chi connectivity index (χ1) is 15.0. The number of rotatable bonds is 2. The minimum atomic E-state index is 0.164. The minimum absolute atomic E-state index is 0.164. The number of para-hydroxylation sites is 2. The lowest BCUT2D eigenvalue weighted by Gasteiger charge is -2.58. The van der Waals surface area contributed by atoms with Crippen LogP contribution in [0.3, 0.4) is 0 Å². The summed E-state index contributed by atoms with van der Waals surface area (Å²) in [5.74, 6) is 2.27. The Morgan fingerprint density at radius 1 is 1.06 bits per heavy atom. The molecule has 2 saturated carbocycles. The van der Waals surface area contributed by atoms with Gasteiger partial charge in [-0.1, -0.05) is 48.8 Å². The second-order valence-electron chi connectivity index (χ2n) is 10.9. The van der Waals surface area contributed by atoms with Crippen molar-refractivity contribution in [3.8, 4) is 0 Å². The highest BCUT2D eigenvalue weighted by Crippen LogP contribution is 2.65. The van der Waals surface area contributed by atoms with E-state index in [4.69, 9.17) is 5.53 Å². The summed E-state index contributed by atoms with van der Waals surface area (Å²) in [6.07, 6.45) is 13.3. The van der Waals surface area contributed by atoms with Crippen LogP contribution in [0.1, 0.15) is 58.8 Å². The zero-order valence-corrected chi connectivity index (χ0v) is 18.7. The Bertz CT molecular complexity index is 1020. The van der Waals surface area contributed by atoms with Gasteiger partial charge in [0.1, 0.15) is 0 Å². The minimum Gasteiger partial charge on any atom is -0.366 e. The van der Waals surface area contributed by atoms with Crippen molar-refractivity contribution in [1.82, 2.24) is 0 Å². The molecule has 0 aromatic heterocycles. The fourth-order valence-electron chi connectivity index (χ4n) is 8.10. The quantitative estimate of drug-likeness (QED) is 0.244. The summed E-state index contributed by atoms with van der Waals surface area (Å²) in [4.78, 5) is 5.65. The second kappa shape index (κ2) is 6.80. The molecule has 5 heteroatoms. The van der Waals surface area contributed by atoms with Gasteiger partial charge in [-0.25, -0.2) is 0 Å². The normalized spacial score (nSPS) is 40.4. The summed E-state index contributed by atoms with van der Waals surface area (Å²) in [5.41, 5.74) is 15.2. The number of hydrogen-bond acceptors (Lipinski definition) is 3. The number of nitrogens with zero attached hydrogens (tertiary/aromatic N) is 4. The lowest BCUT2D eigenvalue weighted by atomic mass is 9.47. The van der Waals surface area contributed by atoms with Gasteiger partial charge in [-0.2, -0.15) is 0 Å². The lowest BCUT2D eigenvalue weighted by molar-refractivity contribution is -0.0186. The third-order valence-corrected chi connectivity index (χ3v) is 9.75. The largest absolute Gasteiger partial charge is 0.366 e. The van der Waals surface area contributed by atoms with E-state index in [0.29, 0.717) is 5.41 Å². The SMILES string of the molecule is C[C@]12CC[C@H](N=[N+]=[N-])CC1=CCC1C2CC[C@]2(C)C(N3CNc4ccccc43)=CCC12. The molecule has 1 aliphatic heterocycles. The summed E-state index contributed by atoms with van der Waals surface area (Å²) in [6, 6.07) is 8.90. The highest BCUT2D eigenvalue weighted by Gasteiger charge is 2.57. The summed E-state index contributed by atoms with van der Waals surface area (Å²) in [7, 11) is 0. The third-order valence-electron chi connectivity index (χ3n) is 9.75. The van der Waals surface area contributed by atoms with Crippen molar-refractivity contribution in [2.75, 3.05) is 16.9 Å². The van der Waals surface area contributed by atoms with Crippen LogP contribution in [-0.2, 0) is 0 Å². The van der Waals surface area contributed by atoms with Crippen molar-refractivity contribution in [2.45, 2.75) is 64.8 Å². The van der Waals surface area contributed by atoms with Crippen LogP contribution in [0.25, 0.3) is 10.4 Å². The van der Waals surface area contributed by atoms with Gasteiger partial charge >= 0.3 is 0 Å². The van der Waals surface area contributed by atoms with E-state index in [1.807, 2.05) is 0 Å². The predicted molar refractivity (Wildman–Crippen MR) is 126 cm³/mol. The van der Waals surface area contributed by atoms with Crippen molar-refractivity contribution in [3.63, 3.8) is 0 Å². The van der Waals surface area contributed by atoms with Gasteiger partial charge in [-0.3, -0.25) is 0 Å². The molecule has 2 fully saturated rings. The van der Waals surface area contributed by atoms with Crippen LogP contribution in [0.15, 0.2) is 52.8 Å². The monoisotopic (exact) mass is 415 g/mol. The van der Waals surface area contributed by atoms with E-state index in [1.54, 1.807) is 11.3 Å².